The SMILES string of the molecule is NN[C@@H](CC(=O)O)C(=O)ON. The van der Waals surface area contributed by atoms with Crippen molar-refractivity contribution in [2.45, 2.75) is 12.5 Å². The average molecular weight is 163 g/mol. The van der Waals surface area contributed by atoms with Crippen LogP contribution in [0.2, 0.25) is 0 Å². The molecule has 0 aliphatic carbocycles. The largest absolute Gasteiger partial charge is 0.481 e. The van der Waals surface area contributed by atoms with Gasteiger partial charge < -0.3 is 9.94 Å². The third kappa shape index (κ3) is 3.50. The Morgan fingerprint density at radius 1 is 1.64 bits per heavy atom. The van der Waals surface area contributed by atoms with Gasteiger partial charge in [0.1, 0.15) is 6.04 Å². The second-order valence-corrected chi connectivity index (χ2v) is 1.75. The minimum atomic E-state index is -1.17. The van der Waals surface area contributed by atoms with E-state index in [2.05, 4.69) is 10.7 Å². The van der Waals surface area contributed by atoms with E-state index in [4.69, 9.17) is 10.9 Å². The van der Waals surface area contributed by atoms with Crippen molar-refractivity contribution >= 4 is 11.9 Å². The fourth-order valence-corrected chi connectivity index (χ4v) is 0.467. The van der Waals surface area contributed by atoms with E-state index in [1.54, 1.807) is 0 Å². The van der Waals surface area contributed by atoms with E-state index in [0.717, 1.165) is 0 Å². The lowest BCUT2D eigenvalue weighted by Gasteiger charge is -2.08. The zero-order valence-electron chi connectivity index (χ0n) is 5.61. The number of carbonyl (C=O) groups excluding carboxylic acids is 1. The Bertz CT molecular complexity index is 159. The number of aliphatic carboxylic acids is 1. The van der Waals surface area contributed by atoms with Crippen LogP contribution in [0.25, 0.3) is 0 Å². The van der Waals surface area contributed by atoms with E-state index in [1.165, 1.54) is 0 Å². The highest BCUT2D eigenvalue weighted by molar-refractivity contribution is 5.81. The van der Waals surface area contributed by atoms with Crippen LogP contribution in [0.4, 0.5) is 0 Å². The Balaban J connectivity index is 3.94. The molecule has 0 unspecified atom stereocenters. The monoisotopic (exact) mass is 163 g/mol. The quantitative estimate of drug-likeness (QED) is 0.271. The first-order chi connectivity index (χ1) is 5.11. The molecule has 7 nitrogen and oxygen atoms in total. The molecule has 0 aromatic heterocycles. The molecule has 0 aliphatic rings. The molecule has 0 radical (unpaired) electrons. The molecule has 0 bridgehead atoms. The zero-order valence-corrected chi connectivity index (χ0v) is 5.61. The molecule has 0 saturated carbocycles. The minimum absolute atomic E-state index is 0.466. The summed E-state index contributed by atoms with van der Waals surface area (Å²) < 4.78 is 0. The smallest absolute Gasteiger partial charge is 0.343 e. The third-order valence-electron chi connectivity index (χ3n) is 0.981. The van der Waals surface area contributed by atoms with Crippen LogP contribution >= 0.6 is 0 Å². The highest BCUT2D eigenvalue weighted by Crippen LogP contribution is 1.91. The van der Waals surface area contributed by atoms with Crippen molar-refractivity contribution in [1.82, 2.24) is 5.43 Å². The molecule has 7 heteroatoms. The van der Waals surface area contributed by atoms with Crippen LogP contribution in [0.3, 0.4) is 0 Å². The summed E-state index contributed by atoms with van der Waals surface area (Å²) in [5.74, 6) is 7.24. The summed E-state index contributed by atoms with van der Waals surface area (Å²) in [6.45, 7) is 0. The van der Waals surface area contributed by atoms with Crippen LogP contribution < -0.4 is 17.2 Å². The van der Waals surface area contributed by atoms with Crippen LogP contribution in [-0.2, 0) is 14.4 Å². The second-order valence-electron chi connectivity index (χ2n) is 1.75. The Labute approximate surface area is 62.2 Å². The standard InChI is InChI=1S/C4H9N3O4/c5-7-2(1-3(8)9)4(10)11-6/h2,7H,1,5-6H2,(H,8,9)/t2-/m0/s1. The van der Waals surface area contributed by atoms with Gasteiger partial charge in [-0.05, 0) is 0 Å². The molecule has 0 aliphatic heterocycles. The first-order valence-electron chi connectivity index (χ1n) is 2.70. The summed E-state index contributed by atoms with van der Waals surface area (Å²) in [6, 6.07) is -1.10. The predicted octanol–water partition coefficient (Wildman–Crippen LogP) is -2.29. The lowest BCUT2D eigenvalue weighted by Crippen LogP contribution is -2.44. The van der Waals surface area contributed by atoms with Crippen molar-refractivity contribution in [3.05, 3.63) is 0 Å². The zero-order chi connectivity index (χ0) is 8.85. The molecule has 0 saturated heterocycles. The van der Waals surface area contributed by atoms with Gasteiger partial charge >= 0.3 is 11.9 Å². The fourth-order valence-electron chi connectivity index (χ4n) is 0.467. The molecule has 0 amide bonds. The number of hydrogen-bond donors (Lipinski definition) is 4. The van der Waals surface area contributed by atoms with E-state index < -0.39 is 24.4 Å². The van der Waals surface area contributed by atoms with Gasteiger partial charge in [0, 0.05) is 0 Å². The lowest BCUT2D eigenvalue weighted by molar-refractivity contribution is -0.150. The Kier molecular flexibility index (Phi) is 4.11. The van der Waals surface area contributed by atoms with E-state index >= 15 is 0 Å². The normalized spacial score (nSPS) is 12.2. The molecular weight excluding hydrogens is 154 g/mol. The van der Waals surface area contributed by atoms with Gasteiger partial charge in [0.15, 0.2) is 0 Å². The summed E-state index contributed by atoms with van der Waals surface area (Å²) in [4.78, 5) is 24.3. The number of hydrazine groups is 1. The number of hydrogen-bond acceptors (Lipinski definition) is 6. The Hall–Kier alpha value is -1.18. The number of rotatable bonds is 4. The van der Waals surface area contributed by atoms with Gasteiger partial charge in [-0.3, -0.25) is 10.6 Å². The van der Waals surface area contributed by atoms with Crippen LogP contribution in [0.15, 0.2) is 0 Å². The van der Waals surface area contributed by atoms with E-state index in [0.29, 0.717) is 0 Å². The summed E-state index contributed by atoms with van der Waals surface area (Å²) >= 11 is 0. The maximum atomic E-state index is 10.5. The summed E-state index contributed by atoms with van der Waals surface area (Å²) in [6.07, 6.45) is -0.466. The summed E-state index contributed by atoms with van der Waals surface area (Å²) in [7, 11) is 0. The Morgan fingerprint density at radius 3 is 2.45 bits per heavy atom. The predicted molar refractivity (Wildman–Crippen MR) is 33.6 cm³/mol. The molecule has 0 rings (SSSR count). The van der Waals surface area contributed by atoms with Gasteiger partial charge in [-0.2, -0.15) is 5.90 Å². The maximum Gasteiger partial charge on any atom is 0.343 e. The van der Waals surface area contributed by atoms with Gasteiger partial charge in [-0.1, -0.05) is 0 Å². The Morgan fingerprint density at radius 2 is 2.18 bits per heavy atom. The number of carboxylic acid groups (broad SMARTS) is 1. The number of nitrogens with one attached hydrogen (secondary N) is 1. The maximum absolute atomic E-state index is 10.5. The van der Waals surface area contributed by atoms with Crippen LogP contribution in [0.5, 0.6) is 0 Å². The van der Waals surface area contributed by atoms with E-state index in [9.17, 15) is 9.59 Å². The molecule has 11 heavy (non-hydrogen) atoms. The molecule has 0 heterocycles. The molecule has 6 N–H and O–H groups in total. The van der Waals surface area contributed by atoms with Gasteiger partial charge in [-0.25, -0.2) is 10.2 Å². The third-order valence-corrected chi connectivity index (χ3v) is 0.981. The van der Waals surface area contributed by atoms with Gasteiger partial charge in [-0.15, -0.1) is 0 Å². The van der Waals surface area contributed by atoms with Crippen molar-refractivity contribution in [3.63, 3.8) is 0 Å². The fraction of sp³-hybridized carbons (Fsp3) is 0.500. The van der Waals surface area contributed by atoms with E-state index in [1.807, 2.05) is 5.43 Å². The van der Waals surface area contributed by atoms with Crippen molar-refractivity contribution in [2.75, 3.05) is 0 Å². The molecule has 0 aromatic carbocycles. The number of nitrogens with two attached hydrogens (primary N) is 2. The molecular formula is C4H9N3O4. The van der Waals surface area contributed by atoms with Crippen LogP contribution in [0, 0.1) is 0 Å². The van der Waals surface area contributed by atoms with Crippen LogP contribution in [0.1, 0.15) is 6.42 Å². The minimum Gasteiger partial charge on any atom is -0.481 e. The van der Waals surface area contributed by atoms with Gasteiger partial charge in [0.25, 0.3) is 0 Å². The molecule has 1 atom stereocenters. The first-order valence-corrected chi connectivity index (χ1v) is 2.70. The molecule has 0 spiro atoms. The topological polar surface area (TPSA) is 128 Å². The summed E-state index contributed by atoms with van der Waals surface area (Å²) in [5.41, 5.74) is 1.95. The highest BCUT2D eigenvalue weighted by Gasteiger charge is 2.20. The molecule has 64 valence electrons. The molecule has 0 fully saturated rings. The number of carboxylic acids is 1. The summed E-state index contributed by atoms with van der Waals surface area (Å²) in [5, 5.41) is 8.22. The van der Waals surface area contributed by atoms with Crippen molar-refractivity contribution in [3.8, 4) is 0 Å². The second kappa shape index (κ2) is 4.61. The van der Waals surface area contributed by atoms with E-state index in [-0.39, 0.29) is 0 Å². The van der Waals surface area contributed by atoms with Crippen molar-refractivity contribution in [2.24, 2.45) is 11.7 Å². The first kappa shape index (κ1) is 9.82. The van der Waals surface area contributed by atoms with Gasteiger partial charge in [0.05, 0.1) is 6.42 Å². The van der Waals surface area contributed by atoms with Crippen LogP contribution in [-0.4, -0.2) is 23.1 Å². The number of carbonyl (C=O) groups is 2. The van der Waals surface area contributed by atoms with Crippen molar-refractivity contribution < 1.29 is 19.5 Å². The lowest BCUT2D eigenvalue weighted by atomic mass is 10.2. The van der Waals surface area contributed by atoms with Gasteiger partial charge in [0.2, 0.25) is 0 Å². The highest BCUT2D eigenvalue weighted by atomic mass is 16.7. The molecule has 0 aromatic rings. The van der Waals surface area contributed by atoms with Crippen molar-refractivity contribution in [1.29, 1.82) is 0 Å². The average Bonchev–Trinajstić information content (AvgIpc) is 1.98.